The van der Waals surface area contributed by atoms with E-state index < -0.39 is 21.7 Å². The van der Waals surface area contributed by atoms with Gasteiger partial charge in [0.05, 0.1) is 21.8 Å². The van der Waals surface area contributed by atoms with Crippen molar-refractivity contribution in [3.63, 3.8) is 0 Å². The molecule has 2 rings (SSSR count). The topological polar surface area (TPSA) is 131 Å². The summed E-state index contributed by atoms with van der Waals surface area (Å²) in [6.07, 6.45) is 0.675. The minimum Gasteiger partial charge on any atom is -0.872 e. The number of rotatable bonds is 7. The van der Waals surface area contributed by atoms with Crippen LogP contribution in [0.15, 0.2) is 57.6 Å². The lowest BCUT2D eigenvalue weighted by molar-refractivity contribution is -0.268. The Bertz CT molecular complexity index is 924. The second kappa shape index (κ2) is 8.07. The van der Waals surface area contributed by atoms with Crippen LogP contribution in [-0.2, 0) is 10.0 Å². The highest BCUT2D eigenvalue weighted by Gasteiger charge is 2.16. The second-order valence-corrected chi connectivity index (χ2v) is 7.32. The molecule has 0 saturated carbocycles. The van der Waals surface area contributed by atoms with Crippen LogP contribution in [0.4, 0.5) is 11.4 Å². The van der Waals surface area contributed by atoms with Gasteiger partial charge in [-0.1, -0.05) is 12.7 Å². The van der Waals surface area contributed by atoms with Crippen LogP contribution in [0.3, 0.4) is 0 Å². The first kappa shape index (κ1) is 19.5. The summed E-state index contributed by atoms with van der Waals surface area (Å²) in [5, 5.41) is 28.2. The van der Waals surface area contributed by atoms with Gasteiger partial charge in [0.2, 0.25) is 10.0 Å². The average Bonchev–Trinajstić information content (AvgIpc) is 2.59. The Labute approximate surface area is 151 Å². The number of carbonyl (C=O) groups is 1. The third-order valence-electron chi connectivity index (χ3n) is 3.59. The molecule has 1 unspecified atom stereocenters. The number of hydrogen-bond donors (Lipinski definition) is 2. The summed E-state index contributed by atoms with van der Waals surface area (Å²) in [4.78, 5) is 10.9. The average molecular weight is 376 g/mol. The van der Waals surface area contributed by atoms with Crippen molar-refractivity contribution in [3.8, 4) is 5.75 Å². The van der Waals surface area contributed by atoms with Gasteiger partial charge in [0.25, 0.3) is 0 Å². The number of benzene rings is 2. The fraction of sp³-hybridized carbons (Fsp3) is 0.235. The van der Waals surface area contributed by atoms with E-state index in [-0.39, 0.29) is 22.2 Å². The number of nitrogens with zero attached hydrogens (tertiary/aromatic N) is 2. The molecular weight excluding hydrogens is 358 g/mol. The number of carboxylic acids is 1. The maximum Gasteiger partial charge on any atom is 0.335 e. The van der Waals surface area contributed by atoms with Crippen LogP contribution in [0.5, 0.6) is 5.75 Å². The van der Waals surface area contributed by atoms with Gasteiger partial charge in [-0.25, -0.2) is 17.9 Å². The Hall–Kier alpha value is -2.78. The van der Waals surface area contributed by atoms with E-state index in [4.69, 9.17) is 5.11 Å². The number of carboxylic acid groups (broad SMARTS) is 1. The fourth-order valence-corrected chi connectivity index (χ4v) is 3.30. The summed E-state index contributed by atoms with van der Waals surface area (Å²) in [6, 6.07) is 9.21. The summed E-state index contributed by atoms with van der Waals surface area (Å²) in [7, 11) is -3.59. The first-order valence-electron chi connectivity index (χ1n) is 7.81. The lowest BCUT2D eigenvalue weighted by Crippen LogP contribution is -2.31. The maximum absolute atomic E-state index is 12.2. The summed E-state index contributed by atoms with van der Waals surface area (Å²) in [5.41, 5.74) is 0.254. The van der Waals surface area contributed by atoms with Gasteiger partial charge in [-0.3, -0.25) is 0 Å². The standard InChI is InChI=1S/C17H19N3O5S/c1-3-11(2)20-26(24,25)14-7-4-12(5-8-14)18-19-13-6-9-15(17(22)23)16(21)10-13/h4-11,20-21H,3H2,1-2H3,(H,22,23)/p-1. The number of azo groups is 1. The zero-order valence-corrected chi connectivity index (χ0v) is 15.0. The molecule has 8 nitrogen and oxygen atoms in total. The molecular formula is C17H18N3O5S-. The molecule has 2 aromatic rings. The van der Waals surface area contributed by atoms with Crippen molar-refractivity contribution in [2.75, 3.05) is 0 Å². The zero-order chi connectivity index (χ0) is 19.3. The van der Waals surface area contributed by atoms with Crippen molar-refractivity contribution >= 4 is 27.4 Å². The van der Waals surface area contributed by atoms with E-state index in [1.54, 1.807) is 6.92 Å². The molecule has 0 aromatic heterocycles. The highest BCUT2D eigenvalue weighted by atomic mass is 32.2. The van der Waals surface area contributed by atoms with Gasteiger partial charge in [-0.2, -0.15) is 10.2 Å². The first-order chi connectivity index (χ1) is 12.2. The monoisotopic (exact) mass is 376 g/mol. The highest BCUT2D eigenvalue weighted by Crippen LogP contribution is 2.24. The second-order valence-electron chi connectivity index (χ2n) is 5.61. The van der Waals surface area contributed by atoms with Gasteiger partial charge < -0.3 is 10.2 Å². The third kappa shape index (κ3) is 4.87. The quantitative estimate of drug-likeness (QED) is 0.717. The molecule has 0 bridgehead atoms. The Balaban J connectivity index is 2.15. The van der Waals surface area contributed by atoms with E-state index in [9.17, 15) is 18.3 Å². The molecule has 9 heteroatoms. The smallest absolute Gasteiger partial charge is 0.335 e. The number of hydrogen-bond acceptors (Lipinski definition) is 6. The molecule has 1 atom stereocenters. The summed E-state index contributed by atoms with van der Waals surface area (Å²) in [6.45, 7) is 3.66. The van der Waals surface area contributed by atoms with E-state index in [1.165, 1.54) is 30.3 Å². The molecule has 0 aliphatic heterocycles. The summed E-state index contributed by atoms with van der Waals surface area (Å²) >= 11 is 0. The van der Waals surface area contributed by atoms with E-state index in [1.807, 2.05) is 6.92 Å². The van der Waals surface area contributed by atoms with Crippen LogP contribution in [0.1, 0.15) is 30.6 Å². The van der Waals surface area contributed by atoms with Crippen LogP contribution in [-0.4, -0.2) is 25.5 Å². The van der Waals surface area contributed by atoms with Crippen LogP contribution < -0.4 is 9.83 Å². The Kier molecular flexibility index (Phi) is 6.06. The van der Waals surface area contributed by atoms with Crippen molar-refractivity contribution in [2.24, 2.45) is 10.2 Å². The maximum atomic E-state index is 12.2. The van der Waals surface area contributed by atoms with Crippen molar-refractivity contribution in [3.05, 3.63) is 48.0 Å². The first-order valence-corrected chi connectivity index (χ1v) is 9.29. The van der Waals surface area contributed by atoms with Crippen LogP contribution in [0, 0.1) is 0 Å². The number of sulfonamides is 1. The Morgan fingerprint density at radius 3 is 2.27 bits per heavy atom. The zero-order valence-electron chi connectivity index (χ0n) is 14.2. The molecule has 138 valence electrons. The van der Waals surface area contributed by atoms with Gasteiger partial charge >= 0.3 is 5.97 Å². The molecule has 0 fully saturated rings. The predicted molar refractivity (Wildman–Crippen MR) is 93.5 cm³/mol. The van der Waals surface area contributed by atoms with Gasteiger partial charge in [0.1, 0.15) is 0 Å². The molecule has 0 radical (unpaired) electrons. The highest BCUT2D eigenvalue weighted by molar-refractivity contribution is 7.89. The lowest BCUT2D eigenvalue weighted by Gasteiger charge is -2.12. The Morgan fingerprint density at radius 2 is 1.73 bits per heavy atom. The molecule has 0 aliphatic rings. The van der Waals surface area contributed by atoms with Gasteiger partial charge in [0.15, 0.2) is 0 Å². The van der Waals surface area contributed by atoms with E-state index >= 15 is 0 Å². The summed E-state index contributed by atoms with van der Waals surface area (Å²) in [5.74, 6) is -1.97. The summed E-state index contributed by atoms with van der Waals surface area (Å²) < 4.78 is 26.9. The van der Waals surface area contributed by atoms with Crippen LogP contribution >= 0.6 is 0 Å². The molecule has 26 heavy (non-hydrogen) atoms. The molecule has 0 heterocycles. The molecule has 0 saturated heterocycles. The molecule has 0 amide bonds. The molecule has 2 aromatic carbocycles. The molecule has 0 aliphatic carbocycles. The molecule has 2 N–H and O–H groups in total. The molecule has 0 spiro atoms. The fourth-order valence-electron chi connectivity index (χ4n) is 1.97. The van der Waals surface area contributed by atoms with Crippen molar-refractivity contribution in [1.29, 1.82) is 0 Å². The van der Waals surface area contributed by atoms with E-state index in [0.717, 1.165) is 12.1 Å². The number of nitrogens with one attached hydrogen (secondary N) is 1. The van der Waals surface area contributed by atoms with E-state index in [2.05, 4.69) is 15.0 Å². The van der Waals surface area contributed by atoms with Crippen LogP contribution in [0.25, 0.3) is 0 Å². The van der Waals surface area contributed by atoms with Crippen LogP contribution in [0.2, 0.25) is 0 Å². The lowest BCUT2D eigenvalue weighted by atomic mass is 10.2. The normalized spacial score (nSPS) is 13.0. The van der Waals surface area contributed by atoms with Crippen molar-refractivity contribution in [1.82, 2.24) is 4.72 Å². The predicted octanol–water partition coefficient (Wildman–Crippen LogP) is 2.95. The third-order valence-corrected chi connectivity index (χ3v) is 5.20. The van der Waals surface area contributed by atoms with Crippen molar-refractivity contribution < 1.29 is 23.4 Å². The minimum absolute atomic E-state index is 0.115. The van der Waals surface area contributed by atoms with Gasteiger partial charge in [0, 0.05) is 6.04 Å². The van der Waals surface area contributed by atoms with Gasteiger partial charge in [-0.05, 0) is 55.8 Å². The number of aromatic carboxylic acids is 1. The SMILES string of the molecule is CCC(C)NS(=O)(=O)c1ccc(N=Nc2ccc(C(=O)O)c([O-])c2)cc1. The minimum atomic E-state index is -3.59. The van der Waals surface area contributed by atoms with Crippen molar-refractivity contribution in [2.45, 2.75) is 31.2 Å². The van der Waals surface area contributed by atoms with E-state index in [0.29, 0.717) is 12.1 Å². The largest absolute Gasteiger partial charge is 0.872 e. The van der Waals surface area contributed by atoms with Gasteiger partial charge in [-0.15, -0.1) is 0 Å². The Morgan fingerprint density at radius 1 is 1.15 bits per heavy atom.